The highest BCUT2D eigenvalue weighted by atomic mass is 79.9. The highest BCUT2D eigenvalue weighted by Crippen LogP contribution is 2.29. The van der Waals surface area contributed by atoms with Crippen LogP contribution in [0.1, 0.15) is 22.8 Å². The molecule has 0 radical (unpaired) electrons. The van der Waals surface area contributed by atoms with E-state index in [0.717, 1.165) is 5.56 Å². The molecule has 0 aliphatic carbocycles. The maximum Gasteiger partial charge on any atom is 0.259 e. The first-order chi connectivity index (χ1) is 9.95. The Morgan fingerprint density at radius 2 is 2.05 bits per heavy atom. The second kappa shape index (κ2) is 6.18. The van der Waals surface area contributed by atoms with Gasteiger partial charge >= 0.3 is 0 Å². The molecule has 0 spiro atoms. The third kappa shape index (κ3) is 3.03. The van der Waals surface area contributed by atoms with Crippen LogP contribution in [0.3, 0.4) is 0 Å². The number of carbonyl (C=O) groups is 1. The molecule has 5 heteroatoms. The number of hydrogen-bond donors (Lipinski definition) is 2. The van der Waals surface area contributed by atoms with E-state index in [2.05, 4.69) is 15.9 Å². The number of aromatic hydroxyl groups is 1. The van der Waals surface area contributed by atoms with Crippen LogP contribution in [-0.2, 0) is 0 Å². The molecule has 2 rings (SSSR count). The average molecular weight is 349 g/mol. The summed E-state index contributed by atoms with van der Waals surface area (Å²) in [7, 11) is 0. The van der Waals surface area contributed by atoms with Gasteiger partial charge in [0, 0.05) is 18.3 Å². The minimum absolute atomic E-state index is 0.133. The summed E-state index contributed by atoms with van der Waals surface area (Å²) >= 11 is 3.36. The number of nitrogens with two attached hydrogens (primary N) is 1. The van der Waals surface area contributed by atoms with Crippen LogP contribution in [0.2, 0.25) is 0 Å². The molecule has 2 aromatic carbocycles. The summed E-state index contributed by atoms with van der Waals surface area (Å²) in [6.45, 7) is 4.28. The van der Waals surface area contributed by atoms with Gasteiger partial charge in [0.05, 0.1) is 15.7 Å². The number of amides is 1. The smallest absolute Gasteiger partial charge is 0.259 e. The molecule has 0 unspecified atom stereocenters. The van der Waals surface area contributed by atoms with Crippen molar-refractivity contribution in [2.75, 3.05) is 17.2 Å². The first-order valence-corrected chi connectivity index (χ1v) is 7.40. The van der Waals surface area contributed by atoms with Crippen molar-refractivity contribution in [2.45, 2.75) is 13.8 Å². The maximum atomic E-state index is 12.8. The Bertz CT molecular complexity index is 686. The van der Waals surface area contributed by atoms with Crippen molar-refractivity contribution in [3.63, 3.8) is 0 Å². The predicted octanol–water partition coefficient (Wildman–Crippen LogP) is 3.71. The number of nitrogens with zero attached hydrogens (tertiary/aromatic N) is 1. The van der Waals surface area contributed by atoms with Crippen molar-refractivity contribution in [3.8, 4) is 5.75 Å². The molecule has 0 bridgehead atoms. The number of phenols is 1. The van der Waals surface area contributed by atoms with Gasteiger partial charge in [0.2, 0.25) is 0 Å². The molecule has 0 atom stereocenters. The molecule has 4 nitrogen and oxygen atoms in total. The Balaban J connectivity index is 2.48. The van der Waals surface area contributed by atoms with Crippen molar-refractivity contribution in [3.05, 3.63) is 52.0 Å². The molecule has 0 aromatic heterocycles. The first kappa shape index (κ1) is 15.4. The number of anilines is 2. The van der Waals surface area contributed by atoms with Crippen LogP contribution in [-0.4, -0.2) is 17.6 Å². The second-order valence-electron chi connectivity index (χ2n) is 4.73. The maximum absolute atomic E-state index is 12.8. The Morgan fingerprint density at radius 1 is 1.33 bits per heavy atom. The molecular weight excluding hydrogens is 332 g/mol. The van der Waals surface area contributed by atoms with E-state index in [9.17, 15) is 9.90 Å². The highest BCUT2D eigenvalue weighted by molar-refractivity contribution is 9.10. The summed E-state index contributed by atoms with van der Waals surface area (Å²) in [5, 5.41) is 9.67. The third-order valence-electron chi connectivity index (χ3n) is 3.30. The molecule has 0 aliphatic heterocycles. The largest absolute Gasteiger partial charge is 0.508 e. The standard InChI is InChI=1S/C16H17BrN2O2/c1-3-19(14-9-11(20)8-7-10(14)2)16(21)12-5-4-6-13(18)15(12)17/h4-9,20H,3,18H2,1-2H3. The number of hydrogen-bond acceptors (Lipinski definition) is 3. The van der Waals surface area contributed by atoms with E-state index < -0.39 is 0 Å². The average Bonchev–Trinajstić information content (AvgIpc) is 2.46. The lowest BCUT2D eigenvalue weighted by molar-refractivity contribution is 0.0987. The molecule has 3 N–H and O–H groups in total. The van der Waals surface area contributed by atoms with Crippen molar-refractivity contribution >= 4 is 33.2 Å². The second-order valence-corrected chi connectivity index (χ2v) is 5.52. The van der Waals surface area contributed by atoms with Gasteiger partial charge in [-0.05, 0) is 53.5 Å². The van der Waals surface area contributed by atoms with E-state index in [0.29, 0.717) is 28.0 Å². The van der Waals surface area contributed by atoms with Crippen LogP contribution >= 0.6 is 15.9 Å². The molecule has 21 heavy (non-hydrogen) atoms. The molecule has 0 heterocycles. The van der Waals surface area contributed by atoms with E-state index >= 15 is 0 Å². The lowest BCUT2D eigenvalue weighted by Gasteiger charge is -2.24. The molecule has 0 aliphatic rings. The Kier molecular flexibility index (Phi) is 4.53. The van der Waals surface area contributed by atoms with Gasteiger partial charge in [-0.15, -0.1) is 0 Å². The van der Waals surface area contributed by atoms with Gasteiger partial charge in [0.1, 0.15) is 5.75 Å². The van der Waals surface area contributed by atoms with Crippen molar-refractivity contribution in [1.29, 1.82) is 0 Å². The summed E-state index contributed by atoms with van der Waals surface area (Å²) in [4.78, 5) is 14.4. The fourth-order valence-electron chi connectivity index (χ4n) is 2.17. The fourth-order valence-corrected chi connectivity index (χ4v) is 2.61. The zero-order chi connectivity index (χ0) is 15.6. The van der Waals surface area contributed by atoms with Crippen LogP contribution in [0.5, 0.6) is 5.75 Å². The zero-order valence-electron chi connectivity index (χ0n) is 11.9. The number of halogens is 1. The van der Waals surface area contributed by atoms with Gasteiger partial charge in [-0.25, -0.2) is 0 Å². The third-order valence-corrected chi connectivity index (χ3v) is 4.19. The summed E-state index contributed by atoms with van der Waals surface area (Å²) in [6, 6.07) is 10.2. The van der Waals surface area contributed by atoms with Crippen molar-refractivity contribution in [1.82, 2.24) is 0 Å². The van der Waals surface area contributed by atoms with Gasteiger partial charge in [0.25, 0.3) is 5.91 Å². The van der Waals surface area contributed by atoms with Gasteiger partial charge in [-0.3, -0.25) is 4.79 Å². The minimum atomic E-state index is -0.162. The quantitative estimate of drug-likeness (QED) is 0.830. The molecule has 2 aromatic rings. The lowest BCUT2D eigenvalue weighted by atomic mass is 10.1. The molecule has 110 valence electrons. The van der Waals surface area contributed by atoms with Crippen molar-refractivity contribution in [2.24, 2.45) is 0 Å². The normalized spacial score (nSPS) is 10.4. The van der Waals surface area contributed by atoms with Gasteiger partial charge in [-0.2, -0.15) is 0 Å². The Labute approximate surface area is 132 Å². The van der Waals surface area contributed by atoms with Gasteiger partial charge < -0.3 is 15.7 Å². The zero-order valence-corrected chi connectivity index (χ0v) is 13.5. The highest BCUT2D eigenvalue weighted by Gasteiger charge is 2.21. The predicted molar refractivity (Wildman–Crippen MR) is 88.7 cm³/mol. The van der Waals surface area contributed by atoms with Crippen molar-refractivity contribution < 1.29 is 9.90 Å². The van der Waals surface area contributed by atoms with Crippen LogP contribution in [0.4, 0.5) is 11.4 Å². The van der Waals surface area contributed by atoms with E-state index in [1.807, 2.05) is 13.8 Å². The van der Waals surface area contributed by atoms with Crippen LogP contribution in [0.15, 0.2) is 40.9 Å². The van der Waals surface area contributed by atoms with E-state index in [-0.39, 0.29) is 11.7 Å². The minimum Gasteiger partial charge on any atom is -0.508 e. The fraction of sp³-hybridized carbons (Fsp3) is 0.188. The molecule has 0 fully saturated rings. The number of nitrogen functional groups attached to an aromatic ring is 1. The summed E-state index contributed by atoms with van der Waals surface area (Å²) in [5.41, 5.74) is 8.46. The summed E-state index contributed by atoms with van der Waals surface area (Å²) in [6.07, 6.45) is 0. The van der Waals surface area contributed by atoms with Gasteiger partial charge in [-0.1, -0.05) is 12.1 Å². The number of carbonyl (C=O) groups excluding carboxylic acids is 1. The van der Waals surface area contributed by atoms with E-state index in [4.69, 9.17) is 5.73 Å². The SMILES string of the molecule is CCN(C(=O)c1cccc(N)c1Br)c1cc(O)ccc1C. The van der Waals surface area contributed by atoms with E-state index in [1.165, 1.54) is 0 Å². The number of benzene rings is 2. The monoisotopic (exact) mass is 348 g/mol. The summed E-state index contributed by atoms with van der Waals surface area (Å²) < 4.78 is 0.589. The number of phenolic OH excluding ortho intramolecular Hbond substituents is 1. The first-order valence-electron chi connectivity index (χ1n) is 6.61. The molecular formula is C16H17BrN2O2. The molecule has 0 saturated heterocycles. The number of rotatable bonds is 3. The van der Waals surface area contributed by atoms with E-state index in [1.54, 1.807) is 41.3 Å². The Morgan fingerprint density at radius 3 is 2.71 bits per heavy atom. The number of aryl methyl sites for hydroxylation is 1. The van der Waals surface area contributed by atoms with Crippen LogP contribution in [0, 0.1) is 6.92 Å². The van der Waals surface area contributed by atoms with Crippen LogP contribution < -0.4 is 10.6 Å². The topological polar surface area (TPSA) is 66.6 Å². The molecule has 0 saturated carbocycles. The van der Waals surface area contributed by atoms with Gasteiger partial charge in [0.15, 0.2) is 0 Å². The molecule has 1 amide bonds. The Hall–Kier alpha value is -2.01. The summed E-state index contributed by atoms with van der Waals surface area (Å²) in [5.74, 6) is -0.0288. The lowest BCUT2D eigenvalue weighted by Crippen LogP contribution is -2.31. The van der Waals surface area contributed by atoms with Crippen LogP contribution in [0.25, 0.3) is 0 Å².